The molecule has 1 amide bonds. The van der Waals surface area contributed by atoms with Gasteiger partial charge in [0.15, 0.2) is 11.6 Å². The van der Waals surface area contributed by atoms with Crippen LogP contribution in [0.15, 0.2) is 53.3 Å². The number of nitrogens with one attached hydrogen (secondary N) is 1. The summed E-state index contributed by atoms with van der Waals surface area (Å²) in [6, 6.07) is 1.26. The predicted molar refractivity (Wildman–Crippen MR) is 180 cm³/mol. The smallest absolute Gasteiger partial charge is 0.302 e. The van der Waals surface area contributed by atoms with Crippen molar-refractivity contribution >= 4 is 29.2 Å². The van der Waals surface area contributed by atoms with Crippen LogP contribution < -0.4 is 5.32 Å². The zero-order valence-electron chi connectivity index (χ0n) is 29.1. The van der Waals surface area contributed by atoms with E-state index in [1.807, 2.05) is 0 Å². The molecule has 6 N–H and O–H groups in total. The number of carbonyl (C=O) groups is 5. The number of hydrogen-bond donors (Lipinski definition) is 6. The summed E-state index contributed by atoms with van der Waals surface area (Å²) in [7, 11) is 0. The molecular weight excluding hydrogens is 634 g/mol. The second kappa shape index (κ2) is 16.0. The van der Waals surface area contributed by atoms with Crippen molar-refractivity contribution in [2.24, 2.45) is 29.6 Å². The van der Waals surface area contributed by atoms with Crippen molar-refractivity contribution < 1.29 is 54.2 Å². The van der Waals surface area contributed by atoms with Crippen molar-refractivity contribution in [1.82, 2.24) is 5.32 Å². The van der Waals surface area contributed by atoms with Crippen molar-refractivity contribution in [3.05, 3.63) is 75.5 Å². The molecule has 49 heavy (non-hydrogen) atoms. The molecule has 12 nitrogen and oxygen atoms in total. The second-order valence-corrected chi connectivity index (χ2v) is 13.3. The van der Waals surface area contributed by atoms with Crippen molar-refractivity contribution in [1.29, 1.82) is 0 Å². The summed E-state index contributed by atoms with van der Waals surface area (Å²) in [5.74, 6) is -8.37. The zero-order valence-corrected chi connectivity index (χ0v) is 29.1. The van der Waals surface area contributed by atoms with Gasteiger partial charge in [-0.2, -0.15) is 0 Å². The first kappa shape index (κ1) is 39.2. The monoisotopic (exact) mass is 681 g/mol. The third kappa shape index (κ3) is 8.33. The number of Topliss-reactive ketones (excluding diaryl/α,β-unsaturated/α-hetero) is 2. The molecule has 9 atom stereocenters. The van der Waals surface area contributed by atoms with Crippen LogP contribution in [-0.2, 0) is 14.3 Å². The predicted octanol–water partition coefficient (Wildman–Crippen LogP) is 2.89. The summed E-state index contributed by atoms with van der Waals surface area (Å²) >= 11 is 0. The largest absolute Gasteiger partial charge is 0.507 e. The molecule has 1 aromatic carbocycles. The lowest BCUT2D eigenvalue weighted by atomic mass is 9.76. The quantitative estimate of drug-likeness (QED) is 0.250. The standard InChI is InChI=1S/C37H47NO11/c1-16-10-9-11-17(2)37(48)38-26-14-27(41)28-25(35(26)47)13-19(4)32(44)29(28)31(43)18(3)12-24(15-39)34(46)20(5)33(45)22(7)36(49-23(8)40)21(6)30(16)42/h9-14,16,20-22,24,30,33-34,36,39,42,44-46H,15H2,1-8H3,(H,38,48). The van der Waals surface area contributed by atoms with Gasteiger partial charge in [-0.25, -0.2) is 0 Å². The van der Waals surface area contributed by atoms with Crippen LogP contribution in [0.1, 0.15) is 85.1 Å². The van der Waals surface area contributed by atoms with Crippen molar-refractivity contribution in [3.8, 4) is 5.75 Å². The number of rotatable bonds is 2. The number of benzene rings is 1. The normalized spacial score (nSPS) is 30.7. The zero-order chi connectivity index (χ0) is 37.1. The second-order valence-electron chi connectivity index (χ2n) is 13.3. The van der Waals surface area contributed by atoms with Gasteiger partial charge in [-0.15, -0.1) is 0 Å². The van der Waals surface area contributed by atoms with Crippen LogP contribution in [0.2, 0.25) is 0 Å². The van der Waals surface area contributed by atoms with Gasteiger partial charge in [0.1, 0.15) is 11.9 Å². The molecule has 0 radical (unpaired) electrons. The fourth-order valence-electron chi connectivity index (χ4n) is 6.43. The molecule has 9 unspecified atom stereocenters. The Kier molecular flexibility index (Phi) is 12.8. The van der Waals surface area contributed by atoms with Crippen molar-refractivity contribution in [3.63, 3.8) is 0 Å². The van der Waals surface area contributed by atoms with Crippen molar-refractivity contribution in [2.45, 2.75) is 79.8 Å². The van der Waals surface area contributed by atoms with Crippen LogP contribution in [0, 0.1) is 36.5 Å². The highest BCUT2D eigenvalue weighted by molar-refractivity contribution is 6.30. The number of phenolic OH excluding ortho intramolecular Hbond substituents is 1. The van der Waals surface area contributed by atoms with Gasteiger partial charge in [0.2, 0.25) is 5.78 Å². The molecular formula is C37H47NO11. The van der Waals surface area contributed by atoms with Crippen molar-refractivity contribution in [2.75, 3.05) is 6.61 Å². The average Bonchev–Trinajstić information content (AvgIpc) is 3.05. The van der Waals surface area contributed by atoms with E-state index in [1.165, 1.54) is 58.9 Å². The molecule has 0 spiro atoms. The van der Waals surface area contributed by atoms with Crippen LogP contribution in [-0.4, -0.2) is 85.8 Å². The molecule has 1 aliphatic carbocycles. The van der Waals surface area contributed by atoms with Gasteiger partial charge in [0.25, 0.3) is 5.91 Å². The van der Waals surface area contributed by atoms with Gasteiger partial charge < -0.3 is 35.6 Å². The number of hydrogen-bond acceptors (Lipinski definition) is 11. The van der Waals surface area contributed by atoms with Gasteiger partial charge in [-0.1, -0.05) is 52.0 Å². The summed E-state index contributed by atoms with van der Waals surface area (Å²) in [5.41, 5.74) is -1.11. The maximum absolute atomic E-state index is 13.8. The first-order valence-corrected chi connectivity index (χ1v) is 16.2. The molecule has 0 saturated carbocycles. The van der Waals surface area contributed by atoms with Gasteiger partial charge in [0.05, 0.1) is 36.2 Å². The minimum atomic E-state index is -1.43. The Labute approximate surface area is 285 Å². The van der Waals surface area contributed by atoms with Crippen LogP contribution in [0.5, 0.6) is 5.75 Å². The van der Waals surface area contributed by atoms with Crippen LogP contribution in [0.25, 0.3) is 0 Å². The number of allylic oxidation sites excluding steroid dienone is 5. The van der Waals surface area contributed by atoms with Gasteiger partial charge in [-0.3, -0.25) is 24.0 Å². The molecule has 3 aliphatic rings. The number of carbonyl (C=O) groups excluding carboxylic acids is 5. The number of phenols is 1. The first-order valence-electron chi connectivity index (χ1n) is 16.2. The Balaban J connectivity index is 2.21. The number of aliphatic hydroxyl groups excluding tert-OH is 4. The molecule has 1 aromatic rings. The lowest BCUT2D eigenvalue weighted by Crippen LogP contribution is -2.47. The maximum Gasteiger partial charge on any atom is 0.302 e. The average molecular weight is 682 g/mol. The number of fused-ring (bicyclic) bond motifs is 15. The summed E-state index contributed by atoms with van der Waals surface area (Å²) in [6.45, 7) is 11.3. The number of ether oxygens (including phenoxy) is 1. The molecule has 4 bridgehead atoms. The highest BCUT2D eigenvalue weighted by atomic mass is 16.5. The van der Waals surface area contributed by atoms with E-state index in [9.17, 15) is 49.5 Å². The lowest BCUT2D eigenvalue weighted by molar-refractivity contribution is -0.162. The van der Waals surface area contributed by atoms with E-state index in [-0.39, 0.29) is 33.5 Å². The third-order valence-corrected chi connectivity index (χ3v) is 9.60. The van der Waals surface area contributed by atoms with Crippen LogP contribution in [0.3, 0.4) is 0 Å². The molecule has 0 saturated heterocycles. The number of amides is 1. The molecule has 0 aromatic heterocycles. The highest BCUT2D eigenvalue weighted by Crippen LogP contribution is 2.36. The molecule has 266 valence electrons. The Hall–Kier alpha value is -4.23. The van der Waals surface area contributed by atoms with Gasteiger partial charge in [-0.05, 0) is 38.0 Å². The topological polar surface area (TPSA) is 208 Å². The minimum Gasteiger partial charge on any atom is -0.507 e. The Morgan fingerprint density at radius 3 is 2.06 bits per heavy atom. The molecule has 2 aliphatic heterocycles. The molecule has 0 fully saturated rings. The maximum atomic E-state index is 13.8. The fraction of sp³-hybridized carbons (Fsp3) is 0.486. The number of ketones is 3. The summed E-state index contributed by atoms with van der Waals surface area (Å²) in [4.78, 5) is 65.9. The Morgan fingerprint density at radius 2 is 1.47 bits per heavy atom. The van der Waals surface area contributed by atoms with E-state index < -0.39 is 101 Å². The van der Waals surface area contributed by atoms with Gasteiger partial charge in [0, 0.05) is 59.3 Å². The van der Waals surface area contributed by atoms with E-state index in [0.29, 0.717) is 0 Å². The molecule has 12 heteroatoms. The number of aromatic hydroxyl groups is 1. The first-order chi connectivity index (χ1) is 22.8. The van der Waals surface area contributed by atoms with E-state index in [4.69, 9.17) is 4.74 Å². The minimum absolute atomic E-state index is 0.0746. The van der Waals surface area contributed by atoms with Crippen LogP contribution >= 0.6 is 0 Å². The summed E-state index contributed by atoms with van der Waals surface area (Å²) in [6.07, 6.45) is 1.94. The van der Waals surface area contributed by atoms with E-state index in [2.05, 4.69) is 5.32 Å². The van der Waals surface area contributed by atoms with E-state index >= 15 is 0 Å². The number of esters is 1. The summed E-state index contributed by atoms with van der Waals surface area (Å²) < 4.78 is 5.58. The Morgan fingerprint density at radius 1 is 0.857 bits per heavy atom. The highest BCUT2D eigenvalue weighted by Gasteiger charge is 2.41. The SMILES string of the molecule is CC(=O)OC1C(C)C(O)C(C)C=CC=C(C)C(=O)NC2=CC(=O)c3c(cc(C)c(O)c3C(=O)C(C)=CC(CO)C(O)C(C)C(O)C1C)C2=O. The lowest BCUT2D eigenvalue weighted by Gasteiger charge is -2.38. The fourth-order valence-corrected chi connectivity index (χ4v) is 6.43. The third-order valence-electron chi connectivity index (χ3n) is 9.60. The van der Waals surface area contributed by atoms with Gasteiger partial charge >= 0.3 is 5.97 Å². The van der Waals surface area contributed by atoms with Crippen LogP contribution in [0.4, 0.5) is 0 Å². The van der Waals surface area contributed by atoms with E-state index in [0.717, 1.165) is 6.08 Å². The summed E-state index contributed by atoms with van der Waals surface area (Å²) in [5, 5.41) is 57.6. The Bertz CT molecular complexity index is 1630. The number of aryl methyl sites for hydroxylation is 1. The molecule has 2 heterocycles. The number of aliphatic hydroxyl groups is 4. The molecule has 4 rings (SSSR count). The van der Waals surface area contributed by atoms with E-state index in [1.54, 1.807) is 26.8 Å².